The van der Waals surface area contributed by atoms with Gasteiger partial charge in [-0.25, -0.2) is 8.42 Å². The molecule has 1 saturated carbocycles. The van der Waals surface area contributed by atoms with E-state index >= 15 is 0 Å². The van der Waals surface area contributed by atoms with Crippen LogP contribution in [0.15, 0.2) is 52.3 Å². The molecule has 0 spiro atoms. The highest BCUT2D eigenvalue weighted by Gasteiger charge is 2.37. The van der Waals surface area contributed by atoms with Crippen molar-refractivity contribution < 1.29 is 17.6 Å². The Labute approximate surface area is 184 Å². The van der Waals surface area contributed by atoms with Crippen LogP contribution in [-0.2, 0) is 21.4 Å². The Balaban J connectivity index is 1.29. The summed E-state index contributed by atoms with van der Waals surface area (Å²) in [5.41, 5.74) is 0.843. The zero-order valence-electron chi connectivity index (χ0n) is 18.1. The molecule has 2 aliphatic rings. The zero-order chi connectivity index (χ0) is 22.0. The number of amides is 1. The van der Waals surface area contributed by atoms with Gasteiger partial charge in [0.25, 0.3) is 0 Å². The standard InChI is InChI=1S/C24H30N2O4S/c1-18-16-22(18)23-9-8-21(30-23)17-25(2)24(27)20-10-13-26(14-11-20)31(28,29)15-12-19-6-4-3-5-7-19/h3-9,12,15,18,20,22H,10-11,13-14,16-17H2,1-2H3. The summed E-state index contributed by atoms with van der Waals surface area (Å²) in [7, 11) is -1.70. The van der Waals surface area contributed by atoms with Crippen LogP contribution >= 0.6 is 0 Å². The van der Waals surface area contributed by atoms with Crippen LogP contribution in [-0.4, -0.2) is 43.7 Å². The van der Waals surface area contributed by atoms with Gasteiger partial charge in [0.2, 0.25) is 15.9 Å². The number of piperidine rings is 1. The summed E-state index contributed by atoms with van der Waals surface area (Å²) in [5, 5.41) is 1.26. The van der Waals surface area contributed by atoms with Gasteiger partial charge in [-0.05, 0) is 49.0 Å². The van der Waals surface area contributed by atoms with Crippen molar-refractivity contribution in [1.29, 1.82) is 0 Å². The molecule has 1 aromatic carbocycles. The number of carbonyl (C=O) groups excluding carboxylic acids is 1. The van der Waals surface area contributed by atoms with E-state index in [1.165, 1.54) is 16.1 Å². The Kier molecular flexibility index (Phi) is 6.34. The first kappa shape index (κ1) is 21.8. The zero-order valence-corrected chi connectivity index (χ0v) is 18.9. The Bertz CT molecular complexity index is 1040. The predicted molar refractivity (Wildman–Crippen MR) is 120 cm³/mol. The molecular formula is C24H30N2O4S. The monoisotopic (exact) mass is 442 g/mol. The average molecular weight is 443 g/mol. The molecule has 2 atom stereocenters. The van der Waals surface area contributed by atoms with Gasteiger partial charge in [-0.1, -0.05) is 37.3 Å². The highest BCUT2D eigenvalue weighted by atomic mass is 32.2. The van der Waals surface area contributed by atoms with Gasteiger partial charge in [0.15, 0.2) is 0 Å². The number of hydrogen-bond donors (Lipinski definition) is 0. The highest BCUT2D eigenvalue weighted by molar-refractivity contribution is 7.92. The molecule has 4 rings (SSSR count). The molecule has 1 amide bonds. The van der Waals surface area contributed by atoms with Crippen LogP contribution in [0.25, 0.3) is 6.08 Å². The lowest BCUT2D eigenvalue weighted by atomic mass is 9.96. The van der Waals surface area contributed by atoms with Gasteiger partial charge >= 0.3 is 0 Å². The molecule has 2 unspecified atom stereocenters. The van der Waals surface area contributed by atoms with E-state index < -0.39 is 10.0 Å². The lowest BCUT2D eigenvalue weighted by Crippen LogP contribution is -2.42. The first-order valence-electron chi connectivity index (χ1n) is 10.9. The molecule has 0 bridgehead atoms. The number of hydrogen-bond acceptors (Lipinski definition) is 4. The number of sulfonamides is 1. The summed E-state index contributed by atoms with van der Waals surface area (Å²) in [4.78, 5) is 14.6. The smallest absolute Gasteiger partial charge is 0.236 e. The Morgan fingerprint density at radius 1 is 1.16 bits per heavy atom. The molecule has 166 valence electrons. The highest BCUT2D eigenvalue weighted by Crippen LogP contribution is 2.47. The first-order valence-corrected chi connectivity index (χ1v) is 12.4. The minimum atomic E-state index is -3.49. The van der Waals surface area contributed by atoms with E-state index in [-0.39, 0.29) is 11.8 Å². The van der Waals surface area contributed by atoms with Crippen molar-refractivity contribution in [3.8, 4) is 0 Å². The number of nitrogens with zero attached hydrogens (tertiary/aromatic N) is 2. The van der Waals surface area contributed by atoms with Gasteiger partial charge in [-0.3, -0.25) is 4.79 Å². The van der Waals surface area contributed by atoms with E-state index in [1.807, 2.05) is 42.5 Å². The minimum absolute atomic E-state index is 0.0506. The first-order chi connectivity index (χ1) is 14.8. The van der Waals surface area contributed by atoms with Gasteiger partial charge in [0.05, 0.1) is 6.54 Å². The summed E-state index contributed by atoms with van der Waals surface area (Å²) < 4.78 is 32.6. The number of rotatable bonds is 7. The summed E-state index contributed by atoms with van der Waals surface area (Å²) in [6.07, 6.45) is 3.85. The van der Waals surface area contributed by atoms with Crippen molar-refractivity contribution in [2.45, 2.75) is 38.6 Å². The van der Waals surface area contributed by atoms with Crippen LogP contribution in [0.4, 0.5) is 0 Å². The van der Waals surface area contributed by atoms with Gasteiger partial charge in [-0.2, -0.15) is 4.31 Å². The maximum absolute atomic E-state index is 12.9. The van der Waals surface area contributed by atoms with Crippen molar-refractivity contribution >= 4 is 22.0 Å². The van der Waals surface area contributed by atoms with Gasteiger partial charge < -0.3 is 9.32 Å². The second kappa shape index (κ2) is 9.01. The molecule has 7 heteroatoms. The molecule has 1 aliphatic heterocycles. The number of benzene rings is 1. The van der Waals surface area contributed by atoms with Crippen LogP contribution in [0.3, 0.4) is 0 Å². The third-order valence-electron chi connectivity index (χ3n) is 6.32. The fourth-order valence-electron chi connectivity index (χ4n) is 4.19. The number of carbonyl (C=O) groups is 1. The fraction of sp³-hybridized carbons (Fsp3) is 0.458. The van der Waals surface area contributed by atoms with E-state index in [9.17, 15) is 13.2 Å². The molecule has 1 aliphatic carbocycles. The molecule has 31 heavy (non-hydrogen) atoms. The lowest BCUT2D eigenvalue weighted by Gasteiger charge is -2.31. The molecule has 0 N–H and O–H groups in total. The van der Waals surface area contributed by atoms with E-state index in [0.29, 0.717) is 44.3 Å². The third kappa shape index (κ3) is 5.28. The second-order valence-electron chi connectivity index (χ2n) is 8.75. The lowest BCUT2D eigenvalue weighted by molar-refractivity contribution is -0.136. The van der Waals surface area contributed by atoms with Crippen LogP contribution < -0.4 is 0 Å². The molecule has 2 fully saturated rings. The molecule has 6 nitrogen and oxygen atoms in total. The van der Waals surface area contributed by atoms with E-state index in [0.717, 1.165) is 17.1 Å². The fourth-order valence-corrected chi connectivity index (χ4v) is 5.41. The molecule has 0 radical (unpaired) electrons. The molecule has 2 heterocycles. The second-order valence-corrected chi connectivity index (χ2v) is 10.6. The average Bonchev–Trinajstić information content (AvgIpc) is 3.33. The van der Waals surface area contributed by atoms with Crippen molar-refractivity contribution in [2.75, 3.05) is 20.1 Å². The molecule has 2 aromatic rings. The summed E-state index contributed by atoms with van der Waals surface area (Å²) in [5.74, 6) is 2.92. The van der Waals surface area contributed by atoms with Crippen LogP contribution in [0, 0.1) is 11.8 Å². The quantitative estimate of drug-likeness (QED) is 0.648. The summed E-state index contributed by atoms with van der Waals surface area (Å²) >= 11 is 0. The normalized spacial score (nSPS) is 22.6. The van der Waals surface area contributed by atoms with Crippen molar-refractivity contribution in [3.05, 3.63) is 65.0 Å². The van der Waals surface area contributed by atoms with Crippen LogP contribution in [0.5, 0.6) is 0 Å². The Morgan fingerprint density at radius 3 is 2.48 bits per heavy atom. The van der Waals surface area contributed by atoms with Crippen molar-refractivity contribution in [2.24, 2.45) is 11.8 Å². The van der Waals surface area contributed by atoms with Gasteiger partial charge in [0.1, 0.15) is 11.5 Å². The van der Waals surface area contributed by atoms with Crippen molar-refractivity contribution in [1.82, 2.24) is 9.21 Å². The maximum atomic E-state index is 12.9. The van der Waals surface area contributed by atoms with Gasteiger partial charge in [0, 0.05) is 37.4 Å². The van der Waals surface area contributed by atoms with E-state index in [2.05, 4.69) is 6.92 Å². The number of furan rings is 1. The van der Waals surface area contributed by atoms with E-state index in [4.69, 9.17) is 4.42 Å². The largest absolute Gasteiger partial charge is 0.464 e. The molecular weight excluding hydrogens is 412 g/mol. The van der Waals surface area contributed by atoms with E-state index in [1.54, 1.807) is 18.0 Å². The summed E-state index contributed by atoms with van der Waals surface area (Å²) in [6.45, 7) is 3.37. The summed E-state index contributed by atoms with van der Waals surface area (Å²) in [6, 6.07) is 13.3. The van der Waals surface area contributed by atoms with Crippen LogP contribution in [0.2, 0.25) is 0 Å². The van der Waals surface area contributed by atoms with Crippen LogP contribution in [0.1, 0.15) is 49.2 Å². The Hall–Kier alpha value is -2.38. The topological polar surface area (TPSA) is 70.8 Å². The molecule has 1 aromatic heterocycles. The minimum Gasteiger partial charge on any atom is -0.464 e. The predicted octanol–water partition coefficient (Wildman–Crippen LogP) is 4.07. The SMILES string of the molecule is CC1CC1c1ccc(CN(C)C(=O)C2CCN(S(=O)(=O)C=Cc3ccccc3)CC2)o1. The van der Waals surface area contributed by atoms with Crippen molar-refractivity contribution in [3.63, 3.8) is 0 Å². The Morgan fingerprint density at radius 2 is 1.84 bits per heavy atom. The van der Waals surface area contributed by atoms with Gasteiger partial charge in [-0.15, -0.1) is 0 Å². The maximum Gasteiger partial charge on any atom is 0.236 e. The third-order valence-corrected chi connectivity index (χ3v) is 7.89. The molecule has 1 saturated heterocycles.